The van der Waals surface area contributed by atoms with E-state index in [0.717, 1.165) is 12.2 Å². The van der Waals surface area contributed by atoms with E-state index in [4.69, 9.17) is 11.0 Å². The van der Waals surface area contributed by atoms with Gasteiger partial charge in [-0.1, -0.05) is 0 Å². The van der Waals surface area contributed by atoms with Crippen LogP contribution in [0.5, 0.6) is 0 Å². The highest BCUT2D eigenvalue weighted by atomic mass is 16.3. The second kappa shape index (κ2) is 2.95. The van der Waals surface area contributed by atoms with Crippen LogP contribution in [0.3, 0.4) is 0 Å². The predicted molar refractivity (Wildman–Crippen MR) is 34.8 cm³/mol. The minimum atomic E-state index is 0.726. The zero-order valence-electron chi connectivity index (χ0n) is 5.00. The fourth-order valence-corrected chi connectivity index (χ4v) is 0.588. The molecule has 1 aromatic rings. The third-order valence-electron chi connectivity index (χ3n) is 1.00. The van der Waals surface area contributed by atoms with E-state index in [1.165, 1.54) is 0 Å². The highest BCUT2D eigenvalue weighted by Crippen LogP contribution is 1.99. The number of furan rings is 1. The fourth-order valence-electron chi connectivity index (χ4n) is 0.588. The molecule has 1 nitrogen and oxygen atoms in total. The summed E-state index contributed by atoms with van der Waals surface area (Å²) in [6.07, 6.45) is 4.09. The van der Waals surface area contributed by atoms with Gasteiger partial charge in [0.2, 0.25) is 0 Å². The molecule has 0 saturated heterocycles. The molecular weight excluding hydrogens is 112 g/mol. The third kappa shape index (κ3) is 1.63. The molecule has 0 atom stereocenters. The zero-order chi connectivity index (χ0) is 6.53. The molecule has 0 aliphatic carbocycles. The summed E-state index contributed by atoms with van der Waals surface area (Å²) in [4.78, 5) is 0. The smallest absolute Gasteiger partial charge is 0.108 e. The van der Waals surface area contributed by atoms with E-state index < -0.39 is 0 Å². The van der Waals surface area contributed by atoms with Gasteiger partial charge in [0.1, 0.15) is 5.76 Å². The molecule has 0 amide bonds. The first-order valence-corrected chi connectivity index (χ1v) is 2.73. The Hall–Kier alpha value is -1.20. The van der Waals surface area contributed by atoms with Crippen LogP contribution in [0.15, 0.2) is 34.6 Å². The Morgan fingerprint density at radius 2 is 2.67 bits per heavy atom. The molecule has 0 aliphatic heterocycles. The van der Waals surface area contributed by atoms with Gasteiger partial charge in [-0.3, -0.25) is 0 Å². The summed E-state index contributed by atoms with van der Waals surface area (Å²) >= 11 is 0. The van der Waals surface area contributed by atoms with Gasteiger partial charge in [-0.05, 0) is 24.8 Å². The Bertz CT molecular complexity index is 202. The molecule has 1 radical (unpaired) electrons. The van der Waals surface area contributed by atoms with Crippen molar-refractivity contribution in [3.05, 3.63) is 42.5 Å². The van der Waals surface area contributed by atoms with Crippen LogP contribution in [0.25, 0.3) is 0 Å². The summed E-state index contributed by atoms with van der Waals surface area (Å²) in [5.74, 6) is 0.910. The lowest BCUT2D eigenvalue weighted by molar-refractivity contribution is 0.523. The first-order valence-electron chi connectivity index (χ1n) is 2.73. The lowest BCUT2D eigenvalue weighted by Crippen LogP contribution is -1.70. The van der Waals surface area contributed by atoms with E-state index in [0.29, 0.717) is 0 Å². The van der Waals surface area contributed by atoms with Crippen LogP contribution in [-0.2, 0) is 6.42 Å². The van der Waals surface area contributed by atoms with Gasteiger partial charge in [-0.15, -0.1) is 5.73 Å². The molecule has 1 heteroatoms. The Labute approximate surface area is 54.3 Å². The van der Waals surface area contributed by atoms with Gasteiger partial charge in [-0.25, -0.2) is 0 Å². The molecule has 45 valence electrons. The van der Waals surface area contributed by atoms with Crippen LogP contribution >= 0.6 is 0 Å². The molecule has 0 spiro atoms. The first-order chi connectivity index (χ1) is 4.43. The van der Waals surface area contributed by atoms with E-state index in [1.54, 1.807) is 12.3 Å². The molecule has 1 heterocycles. The topological polar surface area (TPSA) is 13.1 Å². The molecular formula is C8H7O. The lowest BCUT2D eigenvalue weighted by atomic mass is 10.3. The molecule has 0 N–H and O–H groups in total. The molecule has 0 saturated carbocycles. The number of rotatable bonds is 2. The summed E-state index contributed by atoms with van der Waals surface area (Å²) in [5.41, 5.74) is 2.42. The van der Waals surface area contributed by atoms with Crippen molar-refractivity contribution in [2.75, 3.05) is 0 Å². The Kier molecular flexibility index (Phi) is 1.95. The van der Waals surface area contributed by atoms with Crippen LogP contribution in [-0.4, -0.2) is 0 Å². The SMILES string of the molecule is [CH]=C=CCc1ccco1. The summed E-state index contributed by atoms with van der Waals surface area (Å²) < 4.78 is 5.01. The average Bonchev–Trinajstić information content (AvgIpc) is 2.34. The fraction of sp³-hybridized carbons (Fsp3) is 0.125. The van der Waals surface area contributed by atoms with Crippen LogP contribution in [0.4, 0.5) is 0 Å². The Morgan fingerprint density at radius 1 is 1.78 bits per heavy atom. The molecule has 1 rings (SSSR count). The monoisotopic (exact) mass is 119 g/mol. The van der Waals surface area contributed by atoms with Gasteiger partial charge in [0, 0.05) is 6.42 Å². The van der Waals surface area contributed by atoms with Crippen LogP contribution in [0.1, 0.15) is 5.76 Å². The van der Waals surface area contributed by atoms with Gasteiger partial charge in [0.15, 0.2) is 0 Å². The third-order valence-corrected chi connectivity index (χ3v) is 1.00. The van der Waals surface area contributed by atoms with Gasteiger partial charge < -0.3 is 4.42 Å². The maximum Gasteiger partial charge on any atom is 0.108 e. The normalized spacial score (nSPS) is 8.44. The summed E-state index contributed by atoms with van der Waals surface area (Å²) in [6, 6.07) is 3.74. The van der Waals surface area contributed by atoms with E-state index in [-0.39, 0.29) is 0 Å². The van der Waals surface area contributed by atoms with Crippen molar-refractivity contribution in [1.29, 1.82) is 0 Å². The highest BCUT2D eigenvalue weighted by Gasteiger charge is 1.87. The summed E-state index contributed by atoms with van der Waals surface area (Å²) in [7, 11) is 0. The molecule has 0 aliphatic rings. The lowest BCUT2D eigenvalue weighted by Gasteiger charge is -1.81. The minimum absolute atomic E-state index is 0.726. The molecule has 0 aromatic carbocycles. The minimum Gasteiger partial charge on any atom is -0.469 e. The second-order valence-electron chi connectivity index (χ2n) is 1.65. The van der Waals surface area contributed by atoms with E-state index in [9.17, 15) is 0 Å². The number of hydrogen-bond acceptors (Lipinski definition) is 1. The summed E-state index contributed by atoms with van der Waals surface area (Å²) in [5, 5.41) is 0. The molecule has 9 heavy (non-hydrogen) atoms. The predicted octanol–water partition coefficient (Wildman–Crippen LogP) is 1.97. The van der Waals surface area contributed by atoms with Gasteiger partial charge in [-0.2, -0.15) is 0 Å². The maximum absolute atomic E-state index is 5.01. The van der Waals surface area contributed by atoms with Crippen molar-refractivity contribution in [2.45, 2.75) is 6.42 Å². The quantitative estimate of drug-likeness (QED) is 0.542. The van der Waals surface area contributed by atoms with Crippen LogP contribution < -0.4 is 0 Å². The first kappa shape index (κ1) is 5.93. The van der Waals surface area contributed by atoms with Gasteiger partial charge in [0.25, 0.3) is 0 Å². The van der Waals surface area contributed by atoms with E-state index in [2.05, 4.69) is 5.73 Å². The number of allylic oxidation sites excluding steroid dienone is 1. The van der Waals surface area contributed by atoms with Gasteiger partial charge >= 0.3 is 0 Å². The zero-order valence-corrected chi connectivity index (χ0v) is 5.00. The highest BCUT2D eigenvalue weighted by molar-refractivity contribution is 5.02. The molecule has 0 fully saturated rings. The standard InChI is InChI=1S/C8H7O/c1-2-3-5-8-6-4-7-9-8/h1,3-4,6-7H,5H2. The Morgan fingerprint density at radius 3 is 3.22 bits per heavy atom. The van der Waals surface area contributed by atoms with E-state index in [1.807, 2.05) is 12.1 Å². The summed E-state index contributed by atoms with van der Waals surface area (Å²) in [6.45, 7) is 5.00. The largest absolute Gasteiger partial charge is 0.469 e. The van der Waals surface area contributed by atoms with Crippen molar-refractivity contribution in [3.8, 4) is 0 Å². The van der Waals surface area contributed by atoms with Gasteiger partial charge in [0.05, 0.1) is 6.26 Å². The van der Waals surface area contributed by atoms with Crippen molar-refractivity contribution < 1.29 is 4.42 Å². The van der Waals surface area contributed by atoms with Crippen molar-refractivity contribution in [2.24, 2.45) is 0 Å². The van der Waals surface area contributed by atoms with Crippen LogP contribution in [0, 0.1) is 6.58 Å². The Balaban J connectivity index is 2.57. The van der Waals surface area contributed by atoms with Crippen molar-refractivity contribution in [1.82, 2.24) is 0 Å². The van der Waals surface area contributed by atoms with Crippen LogP contribution in [0.2, 0.25) is 0 Å². The second-order valence-corrected chi connectivity index (χ2v) is 1.65. The maximum atomic E-state index is 5.01. The molecule has 1 aromatic heterocycles. The average molecular weight is 119 g/mol. The number of hydrogen-bond donors (Lipinski definition) is 0. The van der Waals surface area contributed by atoms with Crippen molar-refractivity contribution in [3.63, 3.8) is 0 Å². The molecule has 0 unspecified atom stereocenters. The molecule has 0 bridgehead atoms. The van der Waals surface area contributed by atoms with Crippen molar-refractivity contribution >= 4 is 0 Å². The van der Waals surface area contributed by atoms with E-state index >= 15 is 0 Å².